The molecule has 0 amide bonds. The third-order valence-electron chi connectivity index (χ3n) is 2.89. The lowest BCUT2D eigenvalue weighted by Crippen LogP contribution is -2.11. The van der Waals surface area contributed by atoms with Gasteiger partial charge in [-0.3, -0.25) is 4.79 Å². The highest BCUT2D eigenvalue weighted by molar-refractivity contribution is 5.97. The van der Waals surface area contributed by atoms with E-state index in [0.29, 0.717) is 0 Å². The average molecular weight is 292 g/mol. The molecule has 0 aromatic heterocycles. The van der Waals surface area contributed by atoms with Crippen molar-refractivity contribution in [3.8, 4) is 5.75 Å². The Labute approximate surface area is 121 Å². The summed E-state index contributed by atoms with van der Waals surface area (Å²) in [5, 5.41) is 0. The van der Waals surface area contributed by atoms with Crippen molar-refractivity contribution >= 4 is 5.78 Å². The number of carbonyl (C=O) groups excluding carboxylic acids is 1. The van der Waals surface area contributed by atoms with Gasteiger partial charge in [-0.05, 0) is 35.9 Å². The Morgan fingerprint density at radius 2 is 1.81 bits per heavy atom. The van der Waals surface area contributed by atoms with Gasteiger partial charge in [0.1, 0.15) is 24.0 Å². The van der Waals surface area contributed by atoms with Gasteiger partial charge in [0.05, 0.1) is 19.3 Å². The fourth-order valence-electron chi connectivity index (χ4n) is 1.77. The van der Waals surface area contributed by atoms with E-state index in [1.165, 1.54) is 0 Å². The predicted octanol–water partition coefficient (Wildman–Crippen LogP) is 3.37. The van der Waals surface area contributed by atoms with Gasteiger partial charge in [0, 0.05) is 0 Å². The molecule has 0 spiro atoms. The van der Waals surface area contributed by atoms with Crippen molar-refractivity contribution < 1.29 is 23.0 Å². The van der Waals surface area contributed by atoms with Crippen LogP contribution in [-0.4, -0.2) is 19.5 Å². The lowest BCUT2D eigenvalue weighted by molar-refractivity contribution is 0.0722. The van der Waals surface area contributed by atoms with E-state index in [9.17, 15) is 13.6 Å². The molecule has 0 N–H and O–H groups in total. The van der Waals surface area contributed by atoms with Crippen molar-refractivity contribution in [1.82, 2.24) is 0 Å². The third kappa shape index (κ3) is 4.10. The van der Waals surface area contributed by atoms with Crippen LogP contribution in [0.5, 0.6) is 5.75 Å². The van der Waals surface area contributed by atoms with E-state index in [0.717, 1.165) is 29.5 Å². The molecule has 2 rings (SSSR count). The molecule has 0 aliphatic carbocycles. The van der Waals surface area contributed by atoms with Gasteiger partial charge in [-0.25, -0.2) is 8.78 Å². The molecule has 21 heavy (non-hydrogen) atoms. The van der Waals surface area contributed by atoms with Gasteiger partial charge in [-0.2, -0.15) is 0 Å². The molecule has 0 saturated carbocycles. The van der Waals surface area contributed by atoms with E-state index in [-0.39, 0.29) is 18.8 Å². The van der Waals surface area contributed by atoms with Crippen LogP contribution < -0.4 is 4.74 Å². The minimum atomic E-state index is -0.755. The normalized spacial score (nSPS) is 10.4. The zero-order valence-electron chi connectivity index (χ0n) is 11.4. The summed E-state index contributed by atoms with van der Waals surface area (Å²) in [4.78, 5) is 11.8. The summed E-state index contributed by atoms with van der Waals surface area (Å²) in [5.74, 6) is -1.29. The maximum atomic E-state index is 13.4. The Morgan fingerprint density at radius 1 is 1.10 bits per heavy atom. The Morgan fingerprint density at radius 3 is 2.48 bits per heavy atom. The van der Waals surface area contributed by atoms with E-state index < -0.39 is 17.4 Å². The quantitative estimate of drug-likeness (QED) is 0.766. The zero-order valence-corrected chi connectivity index (χ0v) is 11.4. The SMILES string of the molecule is COc1ccc(COCC(=O)c2cc(F)ccc2F)cc1. The van der Waals surface area contributed by atoms with E-state index in [1.54, 1.807) is 31.4 Å². The molecule has 110 valence electrons. The number of carbonyl (C=O) groups is 1. The second-order valence-corrected chi connectivity index (χ2v) is 4.39. The van der Waals surface area contributed by atoms with Gasteiger partial charge in [-0.1, -0.05) is 12.1 Å². The van der Waals surface area contributed by atoms with Crippen molar-refractivity contribution in [3.05, 3.63) is 65.2 Å². The van der Waals surface area contributed by atoms with Crippen LogP contribution >= 0.6 is 0 Å². The van der Waals surface area contributed by atoms with Crippen LogP contribution in [0.3, 0.4) is 0 Å². The maximum Gasteiger partial charge on any atom is 0.191 e. The molecular formula is C16H14F2O3. The summed E-state index contributed by atoms with van der Waals surface area (Å²) >= 11 is 0. The Bertz CT molecular complexity index is 624. The standard InChI is InChI=1S/C16H14F2O3/c1-20-13-5-2-11(3-6-13)9-21-10-16(19)14-8-12(17)4-7-15(14)18/h2-8H,9-10H2,1H3. The molecule has 0 radical (unpaired) electrons. The molecular weight excluding hydrogens is 278 g/mol. The monoisotopic (exact) mass is 292 g/mol. The molecule has 0 aliphatic rings. The van der Waals surface area contributed by atoms with E-state index in [4.69, 9.17) is 9.47 Å². The average Bonchev–Trinajstić information content (AvgIpc) is 2.50. The van der Waals surface area contributed by atoms with Crippen LogP contribution in [0.2, 0.25) is 0 Å². The van der Waals surface area contributed by atoms with Gasteiger partial charge in [0.25, 0.3) is 0 Å². The molecule has 0 heterocycles. The Balaban J connectivity index is 1.90. The van der Waals surface area contributed by atoms with Crippen LogP contribution in [0.15, 0.2) is 42.5 Å². The van der Waals surface area contributed by atoms with Crippen molar-refractivity contribution in [2.24, 2.45) is 0 Å². The van der Waals surface area contributed by atoms with E-state index in [2.05, 4.69) is 0 Å². The first-order valence-electron chi connectivity index (χ1n) is 6.29. The summed E-state index contributed by atoms with van der Waals surface area (Å²) in [6, 6.07) is 9.89. The first-order valence-corrected chi connectivity index (χ1v) is 6.29. The molecule has 2 aromatic carbocycles. The van der Waals surface area contributed by atoms with Crippen LogP contribution in [0.1, 0.15) is 15.9 Å². The van der Waals surface area contributed by atoms with E-state index >= 15 is 0 Å². The second-order valence-electron chi connectivity index (χ2n) is 4.39. The molecule has 2 aromatic rings. The van der Waals surface area contributed by atoms with Gasteiger partial charge in [-0.15, -0.1) is 0 Å². The molecule has 0 atom stereocenters. The smallest absolute Gasteiger partial charge is 0.191 e. The summed E-state index contributed by atoms with van der Waals surface area (Å²) in [5.41, 5.74) is 0.549. The third-order valence-corrected chi connectivity index (χ3v) is 2.89. The van der Waals surface area contributed by atoms with Gasteiger partial charge in [0.2, 0.25) is 0 Å². The molecule has 0 bridgehead atoms. The van der Waals surface area contributed by atoms with Crippen LogP contribution in [0.4, 0.5) is 8.78 Å². The van der Waals surface area contributed by atoms with Crippen LogP contribution in [-0.2, 0) is 11.3 Å². The van der Waals surface area contributed by atoms with Gasteiger partial charge < -0.3 is 9.47 Å². The fourth-order valence-corrected chi connectivity index (χ4v) is 1.77. The first kappa shape index (κ1) is 15.1. The number of rotatable bonds is 6. The fraction of sp³-hybridized carbons (Fsp3) is 0.188. The second kappa shape index (κ2) is 6.95. The molecule has 0 unspecified atom stereocenters. The van der Waals surface area contributed by atoms with E-state index in [1.807, 2.05) is 0 Å². The summed E-state index contributed by atoms with van der Waals surface area (Å²) < 4.78 is 36.6. The highest BCUT2D eigenvalue weighted by Crippen LogP contribution is 2.13. The van der Waals surface area contributed by atoms with Gasteiger partial charge in [0.15, 0.2) is 5.78 Å². The van der Waals surface area contributed by atoms with Crippen LogP contribution in [0.25, 0.3) is 0 Å². The first-order chi connectivity index (χ1) is 10.1. The minimum Gasteiger partial charge on any atom is -0.497 e. The highest BCUT2D eigenvalue weighted by atomic mass is 19.1. The Hall–Kier alpha value is -2.27. The van der Waals surface area contributed by atoms with Crippen molar-refractivity contribution in [2.45, 2.75) is 6.61 Å². The summed E-state index contributed by atoms with van der Waals surface area (Å²) in [6.07, 6.45) is 0. The number of Topliss-reactive ketones (excluding diaryl/α,β-unsaturated/α-hetero) is 1. The predicted molar refractivity (Wildman–Crippen MR) is 73.3 cm³/mol. The largest absolute Gasteiger partial charge is 0.497 e. The number of hydrogen-bond donors (Lipinski definition) is 0. The highest BCUT2D eigenvalue weighted by Gasteiger charge is 2.13. The topological polar surface area (TPSA) is 35.5 Å². The van der Waals surface area contributed by atoms with Gasteiger partial charge >= 0.3 is 0 Å². The van der Waals surface area contributed by atoms with Crippen molar-refractivity contribution in [1.29, 1.82) is 0 Å². The number of hydrogen-bond acceptors (Lipinski definition) is 3. The molecule has 0 aliphatic heterocycles. The number of ketones is 1. The molecule has 3 nitrogen and oxygen atoms in total. The zero-order chi connectivity index (χ0) is 15.2. The number of ether oxygens (including phenoxy) is 2. The molecule has 5 heteroatoms. The number of methoxy groups -OCH3 is 1. The lowest BCUT2D eigenvalue weighted by Gasteiger charge is -2.06. The maximum absolute atomic E-state index is 13.4. The number of halogens is 2. The minimum absolute atomic E-state index is 0.201. The molecule has 0 fully saturated rings. The Kier molecular flexibility index (Phi) is 5.00. The summed E-state index contributed by atoms with van der Waals surface area (Å²) in [6.45, 7) is -0.112. The molecule has 0 saturated heterocycles. The lowest BCUT2D eigenvalue weighted by atomic mass is 10.1. The number of benzene rings is 2. The van der Waals surface area contributed by atoms with Crippen molar-refractivity contribution in [2.75, 3.05) is 13.7 Å². The van der Waals surface area contributed by atoms with Crippen LogP contribution in [0, 0.1) is 11.6 Å². The van der Waals surface area contributed by atoms with Crippen molar-refractivity contribution in [3.63, 3.8) is 0 Å². The summed E-state index contributed by atoms with van der Waals surface area (Å²) in [7, 11) is 1.57.